The quantitative estimate of drug-likeness (QED) is 0.670. The molecule has 0 aromatic carbocycles. The summed E-state index contributed by atoms with van der Waals surface area (Å²) in [6, 6.07) is 0.245. The fourth-order valence-electron chi connectivity index (χ4n) is 1.48. The summed E-state index contributed by atoms with van der Waals surface area (Å²) < 4.78 is 11.9. The topological polar surface area (TPSA) is 69.4 Å². The molecule has 0 saturated heterocycles. The van der Waals surface area contributed by atoms with E-state index >= 15 is 0 Å². The SMILES string of the molecule is COCCOCC(O)Cc1ncnn1C(C)C. The van der Waals surface area contributed by atoms with E-state index in [1.165, 1.54) is 6.33 Å². The predicted molar refractivity (Wildman–Crippen MR) is 62.8 cm³/mol. The van der Waals surface area contributed by atoms with Crippen molar-refractivity contribution in [2.75, 3.05) is 26.9 Å². The van der Waals surface area contributed by atoms with Crippen molar-refractivity contribution >= 4 is 0 Å². The summed E-state index contributed by atoms with van der Waals surface area (Å²) in [6.45, 7) is 5.37. The first-order chi connectivity index (χ1) is 8.15. The molecule has 0 bridgehead atoms. The largest absolute Gasteiger partial charge is 0.390 e. The van der Waals surface area contributed by atoms with Gasteiger partial charge in [-0.3, -0.25) is 0 Å². The van der Waals surface area contributed by atoms with Gasteiger partial charge in [0.1, 0.15) is 12.2 Å². The van der Waals surface area contributed by atoms with Crippen LogP contribution in [0.1, 0.15) is 25.7 Å². The molecule has 0 aliphatic heterocycles. The summed E-state index contributed by atoms with van der Waals surface area (Å²) in [5, 5.41) is 13.9. The molecule has 0 aliphatic rings. The normalized spacial score (nSPS) is 13.2. The molecule has 1 heterocycles. The second-order valence-corrected chi connectivity index (χ2v) is 4.14. The molecule has 98 valence electrons. The number of rotatable bonds is 8. The van der Waals surface area contributed by atoms with E-state index in [0.29, 0.717) is 19.6 Å². The van der Waals surface area contributed by atoms with E-state index in [1.807, 2.05) is 13.8 Å². The number of nitrogens with zero attached hydrogens (tertiary/aromatic N) is 3. The first-order valence-corrected chi connectivity index (χ1v) is 5.78. The Morgan fingerprint density at radius 3 is 2.82 bits per heavy atom. The summed E-state index contributed by atoms with van der Waals surface area (Å²) in [6.07, 6.45) is 1.40. The van der Waals surface area contributed by atoms with Crippen molar-refractivity contribution < 1.29 is 14.6 Å². The Bertz CT molecular complexity index is 315. The molecule has 0 aliphatic carbocycles. The number of aromatic nitrogens is 3. The van der Waals surface area contributed by atoms with Crippen LogP contribution in [0.25, 0.3) is 0 Å². The van der Waals surface area contributed by atoms with Crippen molar-refractivity contribution in [3.05, 3.63) is 12.2 Å². The molecular formula is C11H21N3O3. The molecule has 0 radical (unpaired) electrons. The monoisotopic (exact) mass is 243 g/mol. The highest BCUT2D eigenvalue weighted by molar-refractivity contribution is 4.89. The second kappa shape index (κ2) is 7.37. The van der Waals surface area contributed by atoms with E-state index in [4.69, 9.17) is 9.47 Å². The van der Waals surface area contributed by atoms with Crippen LogP contribution < -0.4 is 0 Å². The van der Waals surface area contributed by atoms with Crippen molar-refractivity contribution in [3.63, 3.8) is 0 Å². The first kappa shape index (κ1) is 14.1. The summed E-state index contributed by atoms with van der Waals surface area (Å²) in [4.78, 5) is 4.13. The van der Waals surface area contributed by atoms with Gasteiger partial charge in [0.15, 0.2) is 0 Å². The van der Waals surface area contributed by atoms with Crippen LogP contribution in [0.5, 0.6) is 0 Å². The lowest BCUT2D eigenvalue weighted by molar-refractivity contribution is 0.0126. The van der Waals surface area contributed by atoms with Crippen LogP contribution in [0.3, 0.4) is 0 Å². The first-order valence-electron chi connectivity index (χ1n) is 5.78. The molecule has 6 nitrogen and oxygen atoms in total. The number of aliphatic hydroxyl groups is 1. The number of methoxy groups -OCH3 is 1. The zero-order valence-electron chi connectivity index (χ0n) is 10.7. The fourth-order valence-corrected chi connectivity index (χ4v) is 1.48. The smallest absolute Gasteiger partial charge is 0.138 e. The number of hydrogen-bond donors (Lipinski definition) is 1. The van der Waals surface area contributed by atoms with E-state index in [1.54, 1.807) is 11.8 Å². The third-order valence-electron chi connectivity index (χ3n) is 2.30. The number of ether oxygens (including phenoxy) is 2. The van der Waals surface area contributed by atoms with Gasteiger partial charge in [0.05, 0.1) is 25.9 Å². The molecule has 0 spiro atoms. The van der Waals surface area contributed by atoms with Gasteiger partial charge in [-0.2, -0.15) is 5.10 Å². The third-order valence-corrected chi connectivity index (χ3v) is 2.30. The van der Waals surface area contributed by atoms with Crippen molar-refractivity contribution in [3.8, 4) is 0 Å². The second-order valence-electron chi connectivity index (χ2n) is 4.14. The van der Waals surface area contributed by atoms with Crippen molar-refractivity contribution in [1.82, 2.24) is 14.8 Å². The Hall–Kier alpha value is -0.980. The van der Waals surface area contributed by atoms with Gasteiger partial charge in [0, 0.05) is 19.6 Å². The number of aliphatic hydroxyl groups excluding tert-OH is 1. The van der Waals surface area contributed by atoms with Gasteiger partial charge in [0.25, 0.3) is 0 Å². The van der Waals surface area contributed by atoms with E-state index in [9.17, 15) is 5.11 Å². The lowest BCUT2D eigenvalue weighted by atomic mass is 10.2. The lowest BCUT2D eigenvalue weighted by Crippen LogP contribution is -2.22. The Morgan fingerprint density at radius 2 is 2.18 bits per heavy atom. The van der Waals surface area contributed by atoms with Crippen LogP contribution >= 0.6 is 0 Å². The Morgan fingerprint density at radius 1 is 1.41 bits per heavy atom. The van der Waals surface area contributed by atoms with Gasteiger partial charge in [-0.1, -0.05) is 0 Å². The molecular weight excluding hydrogens is 222 g/mol. The molecule has 1 aromatic rings. The Kier molecular flexibility index (Phi) is 6.10. The van der Waals surface area contributed by atoms with Gasteiger partial charge >= 0.3 is 0 Å². The van der Waals surface area contributed by atoms with Crippen LogP contribution in [0, 0.1) is 0 Å². The maximum atomic E-state index is 9.78. The molecule has 0 saturated carbocycles. The summed E-state index contributed by atoms with van der Waals surface area (Å²) in [5.74, 6) is 0.780. The van der Waals surface area contributed by atoms with Crippen LogP contribution in [0.4, 0.5) is 0 Å². The Labute approximate surface area is 102 Å². The standard InChI is InChI=1S/C11H21N3O3/c1-9(2)14-11(12-8-13-14)6-10(15)7-17-5-4-16-3/h8-10,15H,4-7H2,1-3H3. The van der Waals surface area contributed by atoms with Crippen LogP contribution in [0.2, 0.25) is 0 Å². The van der Waals surface area contributed by atoms with E-state index in [-0.39, 0.29) is 12.6 Å². The van der Waals surface area contributed by atoms with Crippen molar-refractivity contribution in [2.24, 2.45) is 0 Å². The predicted octanol–water partition coefficient (Wildman–Crippen LogP) is 0.425. The van der Waals surface area contributed by atoms with Gasteiger partial charge in [-0.25, -0.2) is 9.67 Å². The van der Waals surface area contributed by atoms with Gasteiger partial charge in [-0.05, 0) is 13.8 Å². The van der Waals surface area contributed by atoms with Crippen LogP contribution in [0.15, 0.2) is 6.33 Å². The van der Waals surface area contributed by atoms with Crippen molar-refractivity contribution in [2.45, 2.75) is 32.4 Å². The van der Waals surface area contributed by atoms with Crippen LogP contribution in [-0.4, -0.2) is 52.9 Å². The molecule has 0 amide bonds. The molecule has 1 unspecified atom stereocenters. The minimum Gasteiger partial charge on any atom is -0.390 e. The van der Waals surface area contributed by atoms with Gasteiger partial charge in [0.2, 0.25) is 0 Å². The minimum atomic E-state index is -0.562. The third kappa shape index (κ3) is 4.80. The summed E-state index contributed by atoms with van der Waals surface area (Å²) in [5.41, 5.74) is 0. The fraction of sp³-hybridized carbons (Fsp3) is 0.818. The molecule has 0 fully saturated rings. The summed E-state index contributed by atoms with van der Waals surface area (Å²) >= 11 is 0. The molecule has 1 rings (SSSR count). The maximum Gasteiger partial charge on any atom is 0.138 e. The zero-order valence-corrected chi connectivity index (χ0v) is 10.7. The van der Waals surface area contributed by atoms with Gasteiger partial charge < -0.3 is 14.6 Å². The highest BCUT2D eigenvalue weighted by atomic mass is 16.5. The lowest BCUT2D eigenvalue weighted by Gasteiger charge is -2.13. The van der Waals surface area contributed by atoms with E-state index < -0.39 is 6.10 Å². The highest BCUT2D eigenvalue weighted by Crippen LogP contribution is 2.07. The van der Waals surface area contributed by atoms with Crippen molar-refractivity contribution in [1.29, 1.82) is 0 Å². The molecule has 1 atom stereocenters. The average Bonchev–Trinajstić information content (AvgIpc) is 2.72. The van der Waals surface area contributed by atoms with Gasteiger partial charge in [-0.15, -0.1) is 0 Å². The number of hydrogen-bond acceptors (Lipinski definition) is 5. The molecule has 17 heavy (non-hydrogen) atoms. The zero-order chi connectivity index (χ0) is 12.7. The summed E-state index contributed by atoms with van der Waals surface area (Å²) in [7, 11) is 1.62. The highest BCUT2D eigenvalue weighted by Gasteiger charge is 2.13. The maximum absolute atomic E-state index is 9.78. The molecule has 1 aromatic heterocycles. The molecule has 1 N–H and O–H groups in total. The average molecular weight is 243 g/mol. The van der Waals surface area contributed by atoms with E-state index in [0.717, 1.165) is 5.82 Å². The molecule has 6 heteroatoms. The minimum absolute atomic E-state index is 0.245. The van der Waals surface area contributed by atoms with E-state index in [2.05, 4.69) is 10.1 Å². The van der Waals surface area contributed by atoms with Crippen LogP contribution in [-0.2, 0) is 15.9 Å². The Balaban J connectivity index is 2.34.